The van der Waals surface area contributed by atoms with Gasteiger partial charge >= 0.3 is 0 Å². The Labute approximate surface area is 162 Å². The fourth-order valence-corrected chi connectivity index (χ4v) is 3.41. The molecule has 6 nitrogen and oxygen atoms in total. The molecule has 2 heterocycles. The van der Waals surface area contributed by atoms with Crippen molar-refractivity contribution in [3.8, 4) is 11.4 Å². The van der Waals surface area contributed by atoms with Gasteiger partial charge in [-0.1, -0.05) is 30.3 Å². The van der Waals surface area contributed by atoms with E-state index in [1.54, 1.807) is 16.2 Å². The summed E-state index contributed by atoms with van der Waals surface area (Å²) < 4.78 is 8.55. The van der Waals surface area contributed by atoms with Crippen LogP contribution in [-0.4, -0.2) is 21.3 Å². The molecule has 0 aliphatic carbocycles. The molecule has 0 aliphatic rings. The molecule has 2 aromatic heterocycles. The van der Waals surface area contributed by atoms with Crippen LogP contribution in [0.15, 0.2) is 71.7 Å². The van der Waals surface area contributed by atoms with Crippen molar-refractivity contribution in [2.24, 2.45) is 5.73 Å². The van der Waals surface area contributed by atoms with Crippen LogP contribution in [0, 0.1) is 0 Å². The Hall–Kier alpha value is -3.38. The summed E-state index contributed by atoms with van der Waals surface area (Å²) in [5.74, 6) is 1.31. The van der Waals surface area contributed by atoms with Crippen LogP contribution in [-0.2, 0) is 6.42 Å². The molecule has 0 spiro atoms. The number of nitrogens with two attached hydrogens (primary N) is 1. The zero-order valence-electron chi connectivity index (χ0n) is 15.9. The minimum atomic E-state index is -0.387. The second kappa shape index (κ2) is 7.32. The molecule has 0 bridgehead atoms. The predicted octanol–water partition coefficient (Wildman–Crippen LogP) is 3.10. The Morgan fingerprint density at radius 3 is 2.61 bits per heavy atom. The van der Waals surface area contributed by atoms with Crippen molar-refractivity contribution in [3.63, 3.8) is 0 Å². The van der Waals surface area contributed by atoms with Gasteiger partial charge in [-0.2, -0.15) is 5.10 Å². The Kier molecular flexibility index (Phi) is 4.71. The van der Waals surface area contributed by atoms with Crippen molar-refractivity contribution < 1.29 is 4.74 Å². The minimum absolute atomic E-state index is 0.128. The smallest absolute Gasteiger partial charge is 0.282 e. The molecule has 0 radical (unpaired) electrons. The number of para-hydroxylation sites is 1. The van der Waals surface area contributed by atoms with Gasteiger partial charge in [0.2, 0.25) is 0 Å². The van der Waals surface area contributed by atoms with Gasteiger partial charge in [0.25, 0.3) is 5.56 Å². The van der Waals surface area contributed by atoms with Crippen LogP contribution in [0.4, 0.5) is 0 Å². The molecular weight excluding hydrogens is 352 g/mol. The van der Waals surface area contributed by atoms with Gasteiger partial charge in [0.1, 0.15) is 11.3 Å². The fourth-order valence-electron chi connectivity index (χ4n) is 3.41. The molecule has 1 unspecified atom stereocenters. The summed E-state index contributed by atoms with van der Waals surface area (Å²) >= 11 is 0. The molecule has 0 amide bonds. The van der Waals surface area contributed by atoms with Crippen LogP contribution >= 0.6 is 0 Å². The summed E-state index contributed by atoms with van der Waals surface area (Å²) in [6, 6.07) is 18.9. The predicted molar refractivity (Wildman–Crippen MR) is 109 cm³/mol. The molecule has 4 aromatic rings. The highest BCUT2D eigenvalue weighted by molar-refractivity contribution is 5.56. The summed E-state index contributed by atoms with van der Waals surface area (Å²) in [6.07, 6.45) is 2.42. The van der Waals surface area contributed by atoms with Crippen LogP contribution in [0.25, 0.3) is 11.2 Å². The van der Waals surface area contributed by atoms with Crippen molar-refractivity contribution in [1.82, 2.24) is 14.2 Å². The number of hydrogen-bond donors (Lipinski definition) is 1. The first-order valence-corrected chi connectivity index (χ1v) is 9.15. The van der Waals surface area contributed by atoms with Gasteiger partial charge in [-0.15, -0.1) is 0 Å². The van der Waals surface area contributed by atoms with E-state index < -0.39 is 0 Å². The van der Waals surface area contributed by atoms with E-state index in [2.05, 4.69) is 5.10 Å². The number of fused-ring (bicyclic) bond motifs is 1. The van der Waals surface area contributed by atoms with Gasteiger partial charge < -0.3 is 10.5 Å². The van der Waals surface area contributed by atoms with Gasteiger partial charge in [0, 0.05) is 6.20 Å². The lowest BCUT2D eigenvalue weighted by Crippen LogP contribution is -2.29. The van der Waals surface area contributed by atoms with E-state index >= 15 is 0 Å². The minimum Gasteiger partial charge on any atom is -0.497 e. The molecule has 0 saturated heterocycles. The maximum Gasteiger partial charge on any atom is 0.282 e. The second-order valence-corrected chi connectivity index (χ2v) is 6.79. The van der Waals surface area contributed by atoms with E-state index in [9.17, 15) is 4.79 Å². The van der Waals surface area contributed by atoms with E-state index in [4.69, 9.17) is 10.5 Å². The van der Waals surface area contributed by atoms with Gasteiger partial charge in [-0.3, -0.25) is 9.36 Å². The van der Waals surface area contributed by atoms with E-state index in [1.807, 2.05) is 73.8 Å². The van der Waals surface area contributed by atoms with E-state index in [0.717, 1.165) is 22.6 Å². The third-order valence-corrected chi connectivity index (χ3v) is 4.75. The number of ether oxygens (including phenoxy) is 1. The summed E-state index contributed by atoms with van der Waals surface area (Å²) in [6.45, 7) is 1.83. The molecule has 2 N–H and O–H groups in total. The average Bonchev–Trinajstić information content (AvgIpc) is 3.11. The molecule has 0 saturated carbocycles. The van der Waals surface area contributed by atoms with E-state index in [1.165, 1.54) is 0 Å². The summed E-state index contributed by atoms with van der Waals surface area (Å²) in [5, 5.41) is 4.64. The van der Waals surface area contributed by atoms with Crippen LogP contribution < -0.4 is 16.0 Å². The first-order valence-electron chi connectivity index (χ1n) is 9.15. The Balaban J connectivity index is 1.90. The molecule has 2 aromatic carbocycles. The first kappa shape index (κ1) is 18.0. The van der Waals surface area contributed by atoms with Crippen LogP contribution in [0.5, 0.6) is 5.75 Å². The monoisotopic (exact) mass is 374 g/mol. The summed E-state index contributed by atoms with van der Waals surface area (Å²) in [4.78, 5) is 13.5. The molecule has 0 aliphatic heterocycles. The highest BCUT2D eigenvalue weighted by Crippen LogP contribution is 2.20. The van der Waals surface area contributed by atoms with Gasteiger partial charge in [-0.05, 0) is 54.8 Å². The largest absolute Gasteiger partial charge is 0.497 e. The number of aromatic nitrogens is 3. The quantitative estimate of drug-likeness (QED) is 0.582. The van der Waals surface area contributed by atoms with Gasteiger partial charge in [0.15, 0.2) is 5.82 Å². The highest BCUT2D eigenvalue weighted by atomic mass is 16.5. The Morgan fingerprint density at radius 1 is 1.11 bits per heavy atom. The van der Waals surface area contributed by atoms with Crippen molar-refractivity contribution in [2.75, 3.05) is 7.11 Å². The third kappa shape index (κ3) is 3.18. The van der Waals surface area contributed by atoms with Crippen LogP contribution in [0.3, 0.4) is 0 Å². The van der Waals surface area contributed by atoms with Gasteiger partial charge in [0.05, 0.1) is 18.8 Å². The molecule has 142 valence electrons. The lowest BCUT2D eigenvalue weighted by molar-refractivity contribution is 0.414. The maximum absolute atomic E-state index is 13.5. The topological polar surface area (TPSA) is 74.5 Å². The molecule has 4 rings (SSSR count). The first-order chi connectivity index (χ1) is 13.6. The molecule has 6 heteroatoms. The Morgan fingerprint density at radius 2 is 1.89 bits per heavy atom. The van der Waals surface area contributed by atoms with Crippen LogP contribution in [0.1, 0.15) is 29.9 Å². The lowest BCUT2D eigenvalue weighted by Gasteiger charge is -2.15. The SMILES string of the molecule is COc1cccc(Cc2ccn3nc(C(C)N)n(-c4ccccc4)c(=O)c23)c1. The van der Waals surface area contributed by atoms with Crippen molar-refractivity contribution in [2.45, 2.75) is 19.4 Å². The average molecular weight is 374 g/mol. The van der Waals surface area contributed by atoms with E-state index in [0.29, 0.717) is 17.8 Å². The summed E-state index contributed by atoms with van der Waals surface area (Å²) in [7, 11) is 1.64. The molecule has 28 heavy (non-hydrogen) atoms. The third-order valence-electron chi connectivity index (χ3n) is 4.75. The van der Waals surface area contributed by atoms with Crippen molar-refractivity contribution in [1.29, 1.82) is 0 Å². The van der Waals surface area contributed by atoms with Gasteiger partial charge in [-0.25, -0.2) is 4.52 Å². The van der Waals surface area contributed by atoms with Crippen LogP contribution in [0.2, 0.25) is 0 Å². The number of hydrogen-bond acceptors (Lipinski definition) is 4. The zero-order chi connectivity index (χ0) is 19.7. The lowest BCUT2D eigenvalue weighted by atomic mass is 10.1. The number of benzene rings is 2. The van der Waals surface area contributed by atoms with E-state index in [-0.39, 0.29) is 11.6 Å². The Bertz CT molecular complexity index is 1180. The second-order valence-electron chi connectivity index (χ2n) is 6.79. The number of rotatable bonds is 5. The molecular formula is C22H22N4O2. The highest BCUT2D eigenvalue weighted by Gasteiger charge is 2.18. The standard InChI is InChI=1S/C22H22N4O2/c1-15(23)21-24-25-12-11-17(13-16-7-6-10-19(14-16)28-2)20(25)22(27)26(21)18-8-4-3-5-9-18/h3-12,14-15H,13,23H2,1-2H3. The molecule has 1 atom stereocenters. The fraction of sp³-hybridized carbons (Fsp3) is 0.182. The maximum atomic E-state index is 13.5. The van der Waals surface area contributed by atoms with Crippen molar-refractivity contribution >= 4 is 5.52 Å². The summed E-state index contributed by atoms with van der Waals surface area (Å²) in [5.41, 5.74) is 9.27. The zero-order valence-corrected chi connectivity index (χ0v) is 15.9. The molecule has 0 fully saturated rings. The number of nitrogens with zero attached hydrogens (tertiary/aromatic N) is 3. The van der Waals surface area contributed by atoms with Crippen molar-refractivity contribution in [3.05, 3.63) is 94.2 Å². The number of methoxy groups -OCH3 is 1. The normalized spacial score (nSPS) is 12.2.